The molecule has 4 nitrogen and oxygen atoms in total. The van der Waals surface area contributed by atoms with Crippen molar-refractivity contribution in [2.45, 2.75) is 20.4 Å². The lowest BCUT2D eigenvalue weighted by Crippen LogP contribution is -2.25. The molecular weight excluding hydrogens is 190 g/mol. The van der Waals surface area contributed by atoms with Crippen LogP contribution in [0.2, 0.25) is 0 Å². The smallest absolute Gasteiger partial charge is 0.268 e. The van der Waals surface area contributed by atoms with Crippen LogP contribution in [0.3, 0.4) is 0 Å². The molecule has 0 saturated carbocycles. The molecule has 0 atom stereocenters. The van der Waals surface area contributed by atoms with Gasteiger partial charge < -0.3 is 15.6 Å². The van der Waals surface area contributed by atoms with E-state index >= 15 is 0 Å². The maximum absolute atomic E-state index is 11.7. The zero-order valence-corrected chi connectivity index (χ0v) is 9.00. The number of rotatable bonds is 3. The van der Waals surface area contributed by atoms with Crippen molar-refractivity contribution in [1.82, 2.24) is 9.88 Å². The normalized spacial score (nSPS) is 9.20. The van der Waals surface area contributed by atoms with Gasteiger partial charge in [-0.05, 0) is 19.9 Å². The van der Waals surface area contributed by atoms with Crippen LogP contribution < -0.4 is 11.1 Å². The molecule has 0 radical (unpaired) electrons. The molecule has 1 aromatic heterocycles. The number of aromatic nitrogens is 1. The number of hydrogen-bond acceptors (Lipinski definition) is 2. The molecule has 1 heterocycles. The lowest BCUT2D eigenvalue weighted by atomic mass is 10.3. The summed E-state index contributed by atoms with van der Waals surface area (Å²) in [6.07, 6.45) is 1.75. The van der Waals surface area contributed by atoms with Crippen molar-refractivity contribution in [3.8, 4) is 11.8 Å². The molecule has 0 unspecified atom stereocenters. The number of anilines is 1. The van der Waals surface area contributed by atoms with Gasteiger partial charge in [0.05, 0.1) is 12.2 Å². The van der Waals surface area contributed by atoms with Gasteiger partial charge in [-0.2, -0.15) is 0 Å². The molecule has 1 aromatic rings. The molecule has 80 valence electrons. The first-order valence-corrected chi connectivity index (χ1v) is 4.82. The first-order chi connectivity index (χ1) is 7.19. The van der Waals surface area contributed by atoms with E-state index in [0.29, 0.717) is 17.9 Å². The molecule has 1 amide bonds. The Morgan fingerprint density at radius 1 is 1.67 bits per heavy atom. The first kappa shape index (κ1) is 11.2. The van der Waals surface area contributed by atoms with Crippen molar-refractivity contribution >= 4 is 11.6 Å². The summed E-state index contributed by atoms with van der Waals surface area (Å²) in [6, 6.07) is 1.66. The molecular formula is C11H15N3O. The summed E-state index contributed by atoms with van der Waals surface area (Å²) in [7, 11) is 0. The number of nitrogen functional groups attached to an aromatic ring is 1. The van der Waals surface area contributed by atoms with Crippen LogP contribution in [0, 0.1) is 11.8 Å². The number of amides is 1. The average molecular weight is 205 g/mol. The fraction of sp³-hybridized carbons (Fsp3) is 0.364. The Balaban J connectivity index is 2.75. The molecule has 1 rings (SSSR count). The summed E-state index contributed by atoms with van der Waals surface area (Å²) in [5.74, 6) is 5.34. The van der Waals surface area contributed by atoms with E-state index in [1.165, 1.54) is 0 Å². The number of aryl methyl sites for hydroxylation is 1. The molecule has 3 N–H and O–H groups in total. The second-order valence-electron chi connectivity index (χ2n) is 3.05. The lowest BCUT2D eigenvalue weighted by molar-refractivity contribution is 0.0949. The summed E-state index contributed by atoms with van der Waals surface area (Å²) in [4.78, 5) is 11.7. The fourth-order valence-corrected chi connectivity index (χ4v) is 1.29. The van der Waals surface area contributed by atoms with E-state index in [2.05, 4.69) is 17.2 Å². The van der Waals surface area contributed by atoms with Crippen molar-refractivity contribution < 1.29 is 4.79 Å². The largest absolute Gasteiger partial charge is 0.397 e. The number of carbonyl (C=O) groups is 1. The third-order valence-corrected chi connectivity index (χ3v) is 2.01. The molecule has 0 spiro atoms. The quantitative estimate of drug-likeness (QED) is 0.718. The Kier molecular flexibility index (Phi) is 3.81. The van der Waals surface area contributed by atoms with Crippen LogP contribution in [0.1, 0.15) is 24.3 Å². The fourth-order valence-electron chi connectivity index (χ4n) is 1.29. The Labute approximate surface area is 89.5 Å². The van der Waals surface area contributed by atoms with E-state index in [0.717, 1.165) is 6.54 Å². The van der Waals surface area contributed by atoms with Crippen LogP contribution in [-0.2, 0) is 6.54 Å². The minimum atomic E-state index is -0.142. The Bertz CT molecular complexity index is 409. The predicted octanol–water partition coefficient (Wildman–Crippen LogP) is 0.843. The van der Waals surface area contributed by atoms with Crippen LogP contribution in [-0.4, -0.2) is 17.0 Å². The second kappa shape index (κ2) is 5.11. The van der Waals surface area contributed by atoms with Crippen LogP contribution in [0.15, 0.2) is 12.3 Å². The van der Waals surface area contributed by atoms with Crippen LogP contribution >= 0.6 is 0 Å². The van der Waals surface area contributed by atoms with E-state index in [4.69, 9.17) is 5.73 Å². The van der Waals surface area contributed by atoms with Crippen LogP contribution in [0.4, 0.5) is 5.69 Å². The van der Waals surface area contributed by atoms with E-state index in [9.17, 15) is 4.79 Å². The van der Waals surface area contributed by atoms with Gasteiger partial charge in [-0.25, -0.2) is 0 Å². The molecule has 0 saturated heterocycles. The standard InChI is InChI=1S/C11H15N3O/c1-3-5-6-13-11(15)10-7-9(12)8-14(10)4-2/h7-8H,4,6,12H2,1-2H3,(H,13,15). The van der Waals surface area contributed by atoms with Gasteiger partial charge in [0.15, 0.2) is 0 Å². The number of carbonyl (C=O) groups excluding carboxylic acids is 1. The van der Waals surface area contributed by atoms with E-state index in [1.54, 1.807) is 19.2 Å². The Morgan fingerprint density at radius 2 is 2.40 bits per heavy atom. The third-order valence-electron chi connectivity index (χ3n) is 2.01. The summed E-state index contributed by atoms with van der Waals surface area (Å²) in [5, 5.41) is 2.70. The molecule has 0 bridgehead atoms. The van der Waals surface area contributed by atoms with Gasteiger partial charge in [0.1, 0.15) is 5.69 Å². The highest BCUT2D eigenvalue weighted by Crippen LogP contribution is 2.09. The maximum atomic E-state index is 11.7. The average Bonchev–Trinajstić information content (AvgIpc) is 2.60. The van der Waals surface area contributed by atoms with Crippen molar-refractivity contribution in [3.05, 3.63) is 18.0 Å². The SMILES string of the molecule is CC#CCNC(=O)c1cc(N)cn1CC. The summed E-state index contributed by atoms with van der Waals surface area (Å²) in [5.41, 5.74) is 6.80. The van der Waals surface area contributed by atoms with Gasteiger partial charge in [-0.3, -0.25) is 4.79 Å². The van der Waals surface area contributed by atoms with Crippen LogP contribution in [0.25, 0.3) is 0 Å². The van der Waals surface area contributed by atoms with Crippen molar-refractivity contribution in [2.24, 2.45) is 0 Å². The number of nitrogens with two attached hydrogens (primary N) is 1. The minimum Gasteiger partial charge on any atom is -0.397 e. The van der Waals surface area contributed by atoms with Crippen molar-refractivity contribution in [1.29, 1.82) is 0 Å². The molecule has 0 aromatic carbocycles. The number of nitrogens with one attached hydrogen (secondary N) is 1. The van der Waals surface area contributed by atoms with Crippen LogP contribution in [0.5, 0.6) is 0 Å². The van der Waals surface area contributed by atoms with Gasteiger partial charge in [-0.15, -0.1) is 5.92 Å². The zero-order valence-electron chi connectivity index (χ0n) is 9.00. The van der Waals surface area contributed by atoms with Gasteiger partial charge in [0.2, 0.25) is 0 Å². The number of nitrogens with zero attached hydrogens (tertiary/aromatic N) is 1. The first-order valence-electron chi connectivity index (χ1n) is 4.82. The van der Waals surface area contributed by atoms with Gasteiger partial charge in [0.25, 0.3) is 5.91 Å². The van der Waals surface area contributed by atoms with E-state index in [-0.39, 0.29) is 5.91 Å². The monoisotopic (exact) mass is 205 g/mol. The van der Waals surface area contributed by atoms with E-state index in [1.807, 2.05) is 11.5 Å². The highest BCUT2D eigenvalue weighted by Gasteiger charge is 2.10. The highest BCUT2D eigenvalue weighted by molar-refractivity contribution is 5.93. The molecule has 15 heavy (non-hydrogen) atoms. The summed E-state index contributed by atoms with van der Waals surface area (Å²) < 4.78 is 1.81. The maximum Gasteiger partial charge on any atom is 0.268 e. The van der Waals surface area contributed by atoms with Crippen molar-refractivity contribution in [3.63, 3.8) is 0 Å². The van der Waals surface area contributed by atoms with E-state index < -0.39 is 0 Å². The Hall–Kier alpha value is -1.89. The number of hydrogen-bond donors (Lipinski definition) is 2. The van der Waals surface area contributed by atoms with Gasteiger partial charge in [0, 0.05) is 12.7 Å². The summed E-state index contributed by atoms with van der Waals surface area (Å²) >= 11 is 0. The molecule has 0 aliphatic carbocycles. The molecule has 0 aliphatic heterocycles. The predicted molar refractivity (Wildman–Crippen MR) is 60.3 cm³/mol. The molecule has 4 heteroatoms. The van der Waals surface area contributed by atoms with Crippen molar-refractivity contribution in [2.75, 3.05) is 12.3 Å². The van der Waals surface area contributed by atoms with Gasteiger partial charge in [-0.1, -0.05) is 5.92 Å². The highest BCUT2D eigenvalue weighted by atomic mass is 16.1. The topological polar surface area (TPSA) is 60.1 Å². The second-order valence-corrected chi connectivity index (χ2v) is 3.05. The molecule has 0 fully saturated rings. The minimum absolute atomic E-state index is 0.142. The third kappa shape index (κ3) is 2.78. The van der Waals surface area contributed by atoms with Gasteiger partial charge >= 0.3 is 0 Å². The summed E-state index contributed by atoms with van der Waals surface area (Å²) in [6.45, 7) is 4.78. The molecule has 0 aliphatic rings. The Morgan fingerprint density at radius 3 is 3.00 bits per heavy atom. The lowest BCUT2D eigenvalue weighted by Gasteiger charge is -2.04. The zero-order chi connectivity index (χ0) is 11.3.